The van der Waals surface area contributed by atoms with Crippen molar-refractivity contribution in [2.45, 2.75) is 38.3 Å². The third-order valence-electron chi connectivity index (χ3n) is 4.46. The predicted molar refractivity (Wildman–Crippen MR) is 94.7 cm³/mol. The van der Waals surface area contributed by atoms with Crippen LogP contribution >= 0.6 is 11.6 Å². The van der Waals surface area contributed by atoms with Crippen molar-refractivity contribution in [3.05, 3.63) is 52.3 Å². The molecule has 1 fully saturated rings. The molecule has 6 heteroatoms. The van der Waals surface area contributed by atoms with E-state index >= 15 is 0 Å². The molecule has 1 aliphatic heterocycles. The van der Waals surface area contributed by atoms with Gasteiger partial charge in [-0.3, -0.25) is 0 Å². The van der Waals surface area contributed by atoms with E-state index in [1.54, 1.807) is 0 Å². The zero-order valence-electron chi connectivity index (χ0n) is 13.6. The second kappa shape index (κ2) is 7.16. The summed E-state index contributed by atoms with van der Waals surface area (Å²) < 4.78 is 0. The van der Waals surface area contributed by atoms with Crippen LogP contribution in [0.15, 0.2) is 30.5 Å². The molecule has 124 valence electrons. The summed E-state index contributed by atoms with van der Waals surface area (Å²) in [6, 6.07) is 10.7. The minimum Gasteiger partial charge on any atom is -0.334 e. The van der Waals surface area contributed by atoms with Crippen LogP contribution in [0.4, 0.5) is 5.95 Å². The molecule has 1 saturated heterocycles. The lowest BCUT2D eigenvalue weighted by molar-refractivity contribution is 0.465. The first-order valence-corrected chi connectivity index (χ1v) is 8.52. The molecule has 1 aromatic carbocycles. The second-order valence-corrected chi connectivity index (χ2v) is 6.50. The van der Waals surface area contributed by atoms with Gasteiger partial charge in [-0.15, -0.1) is 0 Å². The van der Waals surface area contributed by atoms with Crippen molar-refractivity contribution in [2.75, 3.05) is 11.4 Å². The summed E-state index contributed by atoms with van der Waals surface area (Å²) in [7, 11) is 0. The lowest BCUT2D eigenvalue weighted by Crippen LogP contribution is -2.34. The Morgan fingerprint density at radius 1 is 1.33 bits per heavy atom. The summed E-state index contributed by atoms with van der Waals surface area (Å²) in [6.45, 7) is 2.86. The number of piperidine rings is 1. The molecule has 2 heterocycles. The smallest absolute Gasteiger partial charge is 0.227 e. The van der Waals surface area contributed by atoms with Crippen LogP contribution in [0.1, 0.15) is 55.0 Å². The van der Waals surface area contributed by atoms with Crippen molar-refractivity contribution in [3.8, 4) is 6.07 Å². The highest BCUT2D eigenvalue weighted by molar-refractivity contribution is 6.30. The maximum Gasteiger partial charge on any atom is 0.227 e. The third kappa shape index (κ3) is 3.35. The van der Waals surface area contributed by atoms with Gasteiger partial charge in [0.1, 0.15) is 11.6 Å². The van der Waals surface area contributed by atoms with Crippen molar-refractivity contribution >= 4 is 17.5 Å². The predicted octanol–water partition coefficient (Wildman–Crippen LogP) is 3.75. The minimum atomic E-state index is 0.0298. The Bertz CT molecular complexity index is 751. The van der Waals surface area contributed by atoms with E-state index in [4.69, 9.17) is 22.6 Å². The van der Waals surface area contributed by atoms with Crippen LogP contribution in [0.3, 0.4) is 0 Å². The minimum absolute atomic E-state index is 0.0298. The molecule has 2 N–H and O–H groups in total. The lowest BCUT2D eigenvalue weighted by Gasteiger charge is -2.36. The fourth-order valence-electron chi connectivity index (χ4n) is 3.11. The molecule has 0 saturated carbocycles. The fraction of sp³-hybridized carbons (Fsp3) is 0.389. The highest BCUT2D eigenvalue weighted by atomic mass is 35.5. The van der Waals surface area contributed by atoms with Gasteiger partial charge in [-0.05, 0) is 37.3 Å². The second-order valence-electron chi connectivity index (χ2n) is 6.15. The number of nitrogens with zero attached hydrogens (tertiary/aromatic N) is 4. The molecule has 0 radical (unpaired) electrons. The molecule has 0 aliphatic carbocycles. The number of benzene rings is 1. The van der Waals surface area contributed by atoms with E-state index in [1.165, 1.54) is 18.2 Å². The van der Waals surface area contributed by atoms with E-state index < -0.39 is 0 Å². The average Bonchev–Trinajstić information content (AvgIpc) is 2.61. The first-order chi connectivity index (χ1) is 11.6. The summed E-state index contributed by atoms with van der Waals surface area (Å²) in [5.41, 5.74) is 8.58. The van der Waals surface area contributed by atoms with Crippen LogP contribution < -0.4 is 10.6 Å². The highest BCUT2D eigenvalue weighted by Crippen LogP contribution is 2.34. The Labute approximate surface area is 147 Å². The molecular formula is C18H20ClN5. The van der Waals surface area contributed by atoms with Gasteiger partial charge in [0.15, 0.2) is 5.15 Å². The Morgan fingerprint density at radius 3 is 2.71 bits per heavy atom. The zero-order chi connectivity index (χ0) is 17.1. The molecule has 0 spiro atoms. The van der Waals surface area contributed by atoms with Crippen LogP contribution in [0.5, 0.6) is 0 Å². The maximum absolute atomic E-state index is 8.98. The Morgan fingerprint density at radius 2 is 2.08 bits per heavy atom. The number of hydrogen-bond acceptors (Lipinski definition) is 5. The number of rotatable bonds is 3. The van der Waals surface area contributed by atoms with Crippen LogP contribution in [0, 0.1) is 11.3 Å². The van der Waals surface area contributed by atoms with Crippen molar-refractivity contribution in [1.82, 2.24) is 9.97 Å². The summed E-state index contributed by atoms with van der Waals surface area (Å²) in [5, 5.41) is 9.19. The van der Waals surface area contributed by atoms with Crippen molar-refractivity contribution in [3.63, 3.8) is 0 Å². The van der Waals surface area contributed by atoms with Gasteiger partial charge < -0.3 is 10.6 Å². The lowest BCUT2D eigenvalue weighted by atomic mass is 9.94. The zero-order valence-corrected chi connectivity index (χ0v) is 14.4. The summed E-state index contributed by atoms with van der Waals surface area (Å²) >= 11 is 6.08. The monoisotopic (exact) mass is 341 g/mol. The van der Waals surface area contributed by atoms with E-state index in [-0.39, 0.29) is 17.2 Å². The Hall–Kier alpha value is -2.16. The molecule has 2 aromatic rings. The van der Waals surface area contributed by atoms with Gasteiger partial charge in [0.2, 0.25) is 5.95 Å². The largest absolute Gasteiger partial charge is 0.334 e. The van der Waals surface area contributed by atoms with Crippen molar-refractivity contribution < 1.29 is 0 Å². The van der Waals surface area contributed by atoms with Gasteiger partial charge in [0.25, 0.3) is 0 Å². The number of aromatic nitrogens is 2. The van der Waals surface area contributed by atoms with Gasteiger partial charge in [-0.2, -0.15) is 10.2 Å². The van der Waals surface area contributed by atoms with Crippen LogP contribution in [0.2, 0.25) is 5.15 Å². The van der Waals surface area contributed by atoms with E-state index in [9.17, 15) is 0 Å². The number of hydrogen-bond donors (Lipinski definition) is 1. The maximum atomic E-state index is 8.98. The van der Waals surface area contributed by atoms with E-state index in [2.05, 4.69) is 39.1 Å². The third-order valence-corrected chi connectivity index (χ3v) is 4.74. The van der Waals surface area contributed by atoms with Gasteiger partial charge in [0.05, 0.1) is 12.2 Å². The van der Waals surface area contributed by atoms with Crippen LogP contribution in [-0.4, -0.2) is 16.5 Å². The van der Waals surface area contributed by atoms with Crippen LogP contribution in [0.25, 0.3) is 0 Å². The number of halogens is 1. The van der Waals surface area contributed by atoms with E-state index in [0.29, 0.717) is 11.5 Å². The van der Waals surface area contributed by atoms with Gasteiger partial charge in [-0.25, -0.2) is 4.98 Å². The molecule has 2 atom stereocenters. The molecule has 2 unspecified atom stereocenters. The number of nitriles is 1. The van der Waals surface area contributed by atoms with E-state index in [1.807, 2.05) is 13.0 Å². The SMILES string of the molecule is CC(N)c1ccc(C2CCCCN2c2ncc(C#N)c(Cl)n2)cc1. The van der Waals surface area contributed by atoms with Crippen molar-refractivity contribution in [2.24, 2.45) is 5.73 Å². The van der Waals surface area contributed by atoms with Crippen molar-refractivity contribution in [1.29, 1.82) is 5.26 Å². The van der Waals surface area contributed by atoms with Gasteiger partial charge in [0, 0.05) is 12.6 Å². The molecule has 1 aromatic heterocycles. The van der Waals surface area contributed by atoms with E-state index in [0.717, 1.165) is 24.9 Å². The molecule has 3 rings (SSSR count). The Kier molecular flexibility index (Phi) is 4.98. The summed E-state index contributed by atoms with van der Waals surface area (Å²) in [6.07, 6.45) is 4.80. The topological polar surface area (TPSA) is 78.8 Å². The molecule has 1 aliphatic rings. The molecular weight excluding hydrogens is 322 g/mol. The Balaban J connectivity index is 1.91. The first kappa shape index (κ1) is 16.7. The summed E-state index contributed by atoms with van der Waals surface area (Å²) in [5.74, 6) is 0.583. The highest BCUT2D eigenvalue weighted by Gasteiger charge is 2.26. The average molecular weight is 342 g/mol. The van der Waals surface area contributed by atoms with Gasteiger partial charge >= 0.3 is 0 Å². The molecule has 24 heavy (non-hydrogen) atoms. The van der Waals surface area contributed by atoms with Gasteiger partial charge in [-0.1, -0.05) is 35.9 Å². The quantitative estimate of drug-likeness (QED) is 0.860. The molecule has 0 amide bonds. The summed E-state index contributed by atoms with van der Waals surface area (Å²) in [4.78, 5) is 10.8. The molecule has 0 bridgehead atoms. The standard InChI is InChI=1S/C18H20ClN5/c1-12(21)13-5-7-14(8-6-13)16-4-2-3-9-24(16)18-22-11-15(10-20)17(19)23-18/h5-8,11-12,16H,2-4,9,21H2,1H3. The normalized spacial score (nSPS) is 18.9. The molecule has 5 nitrogen and oxygen atoms in total. The number of anilines is 1. The van der Waals surface area contributed by atoms with Crippen LogP contribution in [-0.2, 0) is 0 Å². The first-order valence-electron chi connectivity index (χ1n) is 8.15. The fourth-order valence-corrected chi connectivity index (χ4v) is 3.27. The number of nitrogens with two attached hydrogens (primary N) is 1.